The zero-order valence-electron chi connectivity index (χ0n) is 18.1. The van der Waals surface area contributed by atoms with Crippen LogP contribution in [0.15, 0.2) is 76.3 Å². The number of aliphatic imine (C=N–C) groups is 1. The summed E-state index contributed by atoms with van der Waals surface area (Å²) in [5.74, 6) is 2.68. The number of nitrogens with zero attached hydrogens (tertiary/aromatic N) is 6. The number of anilines is 2. The topological polar surface area (TPSA) is 65.1 Å². The second kappa shape index (κ2) is 7.42. The zero-order chi connectivity index (χ0) is 21.7. The molecule has 32 heavy (non-hydrogen) atoms. The number of hydrogen-bond donors (Lipinski definition) is 1. The number of guanidine groups is 1. The van der Waals surface area contributed by atoms with E-state index >= 15 is 0 Å². The van der Waals surface area contributed by atoms with Crippen LogP contribution in [-0.2, 0) is 6.54 Å². The first kappa shape index (κ1) is 18.9. The number of nitrogens with one attached hydrogen (secondary N) is 1. The van der Waals surface area contributed by atoms with Gasteiger partial charge in [0.15, 0.2) is 0 Å². The first-order chi connectivity index (χ1) is 15.7. The highest BCUT2D eigenvalue weighted by molar-refractivity contribution is 5.98. The Morgan fingerprint density at radius 3 is 2.69 bits per heavy atom. The molecule has 8 heteroatoms. The van der Waals surface area contributed by atoms with E-state index in [1.165, 1.54) is 11.3 Å². The van der Waals surface area contributed by atoms with Gasteiger partial charge in [0.05, 0.1) is 37.2 Å². The lowest BCUT2D eigenvalue weighted by Crippen LogP contribution is -2.57. The fraction of sp³-hybridized carbons (Fsp3) is 0.250. The normalized spacial score (nSPS) is 18.1. The third-order valence-corrected chi connectivity index (χ3v) is 6.04. The minimum absolute atomic E-state index is 0.0831. The van der Waals surface area contributed by atoms with Crippen LogP contribution in [-0.4, -0.2) is 47.8 Å². The summed E-state index contributed by atoms with van der Waals surface area (Å²) in [7, 11) is 4.11. The van der Waals surface area contributed by atoms with E-state index in [1.807, 2.05) is 18.2 Å². The molecule has 2 aliphatic heterocycles. The van der Waals surface area contributed by atoms with Gasteiger partial charge in [-0.05, 0) is 42.0 Å². The summed E-state index contributed by atoms with van der Waals surface area (Å²) in [4.78, 5) is 16.4. The highest BCUT2D eigenvalue weighted by Gasteiger charge is 2.35. The van der Waals surface area contributed by atoms with Gasteiger partial charge in [-0.3, -0.25) is 14.4 Å². The lowest BCUT2D eigenvalue weighted by atomic mass is 10.1. The summed E-state index contributed by atoms with van der Waals surface area (Å²) >= 11 is 0. The van der Waals surface area contributed by atoms with Crippen LogP contribution < -0.4 is 15.1 Å². The maximum absolute atomic E-state index is 5.54. The van der Waals surface area contributed by atoms with Crippen LogP contribution in [0, 0.1) is 0 Å². The maximum atomic E-state index is 5.54. The maximum Gasteiger partial charge on any atom is 0.216 e. The van der Waals surface area contributed by atoms with E-state index in [-0.39, 0.29) is 6.17 Å². The first-order valence-corrected chi connectivity index (χ1v) is 10.7. The summed E-state index contributed by atoms with van der Waals surface area (Å²) in [6.07, 6.45) is 1.63. The molecule has 2 aromatic heterocycles. The van der Waals surface area contributed by atoms with Gasteiger partial charge in [0.25, 0.3) is 0 Å². The van der Waals surface area contributed by atoms with Crippen molar-refractivity contribution in [2.24, 2.45) is 4.99 Å². The standard InChI is InChI=1S/C24H25N7O/c1-28(2)18-11-9-17(10-12-18)22-27-23-25-15-29(14-19-6-5-13-32-19)16-30(23)24-26-20-7-3-4-8-21(20)31(22)24/h3-13,22H,14-16H2,1-2H3,(H,25,27)/t22-/m1/s1. The largest absolute Gasteiger partial charge is 0.468 e. The van der Waals surface area contributed by atoms with Gasteiger partial charge in [0.2, 0.25) is 11.9 Å². The average Bonchev–Trinajstić information content (AvgIpc) is 3.47. The predicted molar refractivity (Wildman–Crippen MR) is 126 cm³/mol. The molecule has 0 bridgehead atoms. The van der Waals surface area contributed by atoms with Crippen molar-refractivity contribution in [3.63, 3.8) is 0 Å². The number of hydrogen-bond acceptors (Lipinski definition) is 7. The van der Waals surface area contributed by atoms with Crippen molar-refractivity contribution in [3.05, 3.63) is 78.3 Å². The molecule has 6 rings (SSSR count). The Morgan fingerprint density at radius 2 is 1.91 bits per heavy atom. The van der Waals surface area contributed by atoms with Gasteiger partial charge in [-0.2, -0.15) is 0 Å². The van der Waals surface area contributed by atoms with Crippen LogP contribution in [0.4, 0.5) is 11.6 Å². The van der Waals surface area contributed by atoms with E-state index in [0.29, 0.717) is 19.9 Å². The van der Waals surface area contributed by atoms with Crippen molar-refractivity contribution < 1.29 is 4.42 Å². The van der Waals surface area contributed by atoms with Gasteiger partial charge in [-0.1, -0.05) is 24.3 Å². The molecule has 0 saturated heterocycles. The third-order valence-electron chi connectivity index (χ3n) is 6.04. The van der Waals surface area contributed by atoms with Crippen molar-refractivity contribution in [2.75, 3.05) is 37.2 Å². The molecule has 2 aliphatic rings. The van der Waals surface area contributed by atoms with Gasteiger partial charge in [-0.25, -0.2) is 9.98 Å². The Morgan fingerprint density at radius 1 is 1.06 bits per heavy atom. The average molecular weight is 428 g/mol. The molecule has 0 fully saturated rings. The Labute approximate surface area is 186 Å². The first-order valence-electron chi connectivity index (χ1n) is 10.7. The van der Waals surface area contributed by atoms with Crippen molar-refractivity contribution in [1.82, 2.24) is 19.8 Å². The van der Waals surface area contributed by atoms with E-state index in [2.05, 4.69) is 81.1 Å². The van der Waals surface area contributed by atoms with Crippen molar-refractivity contribution in [1.29, 1.82) is 0 Å². The molecule has 162 valence electrons. The molecular weight excluding hydrogens is 402 g/mol. The number of imidazole rings is 1. The molecule has 0 unspecified atom stereocenters. The van der Waals surface area contributed by atoms with Crippen LogP contribution in [0.5, 0.6) is 0 Å². The smallest absolute Gasteiger partial charge is 0.216 e. The third kappa shape index (κ3) is 3.11. The molecule has 1 N–H and O–H groups in total. The van der Waals surface area contributed by atoms with Gasteiger partial charge < -0.3 is 14.6 Å². The lowest BCUT2D eigenvalue weighted by molar-refractivity contribution is 0.243. The Bertz CT molecular complexity index is 1270. The molecule has 0 amide bonds. The van der Waals surface area contributed by atoms with Crippen LogP contribution >= 0.6 is 0 Å². The second-order valence-corrected chi connectivity index (χ2v) is 8.40. The van der Waals surface area contributed by atoms with Gasteiger partial charge >= 0.3 is 0 Å². The molecule has 2 aromatic carbocycles. The summed E-state index contributed by atoms with van der Waals surface area (Å²) in [5, 5.41) is 3.67. The highest BCUT2D eigenvalue weighted by Crippen LogP contribution is 2.34. The predicted octanol–water partition coefficient (Wildman–Crippen LogP) is 3.44. The molecule has 0 radical (unpaired) electrons. The van der Waals surface area contributed by atoms with Crippen LogP contribution in [0.1, 0.15) is 17.5 Å². The van der Waals surface area contributed by atoms with E-state index in [0.717, 1.165) is 28.7 Å². The number of para-hydroxylation sites is 2. The highest BCUT2D eigenvalue weighted by atomic mass is 16.3. The number of benzene rings is 2. The molecular formula is C24H25N7O. The fourth-order valence-electron chi connectivity index (χ4n) is 4.42. The van der Waals surface area contributed by atoms with Crippen molar-refractivity contribution >= 4 is 28.6 Å². The Kier molecular flexibility index (Phi) is 4.39. The molecule has 8 nitrogen and oxygen atoms in total. The quantitative estimate of drug-likeness (QED) is 0.538. The molecule has 1 atom stereocenters. The molecule has 0 saturated carbocycles. The lowest BCUT2D eigenvalue weighted by Gasteiger charge is -2.41. The Hall–Kier alpha value is -3.78. The van der Waals surface area contributed by atoms with Gasteiger partial charge in [0.1, 0.15) is 11.9 Å². The SMILES string of the molecule is CN(C)c1ccc([C@@H]2NC3=NCN(Cc4ccco4)CN3c3nc4ccccc4n32)cc1. The second-order valence-electron chi connectivity index (χ2n) is 8.40. The number of rotatable bonds is 4. The summed E-state index contributed by atoms with van der Waals surface area (Å²) in [5.41, 5.74) is 4.41. The minimum Gasteiger partial charge on any atom is -0.468 e. The van der Waals surface area contributed by atoms with Gasteiger partial charge in [-0.15, -0.1) is 0 Å². The monoisotopic (exact) mass is 427 g/mol. The zero-order valence-corrected chi connectivity index (χ0v) is 18.1. The summed E-state index contributed by atoms with van der Waals surface area (Å²) in [6, 6.07) is 20.8. The van der Waals surface area contributed by atoms with Crippen molar-refractivity contribution in [2.45, 2.75) is 12.7 Å². The fourth-order valence-corrected chi connectivity index (χ4v) is 4.42. The summed E-state index contributed by atoms with van der Waals surface area (Å²) < 4.78 is 7.82. The number of fused-ring (bicyclic) bond motifs is 5. The van der Waals surface area contributed by atoms with Crippen LogP contribution in [0.2, 0.25) is 0 Å². The van der Waals surface area contributed by atoms with E-state index in [9.17, 15) is 0 Å². The molecule has 4 aromatic rings. The minimum atomic E-state index is -0.0831. The van der Waals surface area contributed by atoms with Crippen molar-refractivity contribution in [3.8, 4) is 0 Å². The van der Waals surface area contributed by atoms with E-state index in [4.69, 9.17) is 14.4 Å². The van der Waals surface area contributed by atoms with Crippen LogP contribution in [0.3, 0.4) is 0 Å². The molecule has 0 spiro atoms. The van der Waals surface area contributed by atoms with Gasteiger partial charge in [0, 0.05) is 19.8 Å². The Balaban J connectivity index is 1.41. The molecule has 0 aliphatic carbocycles. The van der Waals surface area contributed by atoms with E-state index in [1.54, 1.807) is 6.26 Å². The van der Waals surface area contributed by atoms with Crippen LogP contribution in [0.25, 0.3) is 11.0 Å². The number of aromatic nitrogens is 2. The number of furan rings is 1. The summed E-state index contributed by atoms with van der Waals surface area (Å²) in [6.45, 7) is 1.99. The molecule has 4 heterocycles. The van der Waals surface area contributed by atoms with E-state index < -0.39 is 0 Å².